The minimum atomic E-state index is -1.61. The highest BCUT2D eigenvalue weighted by molar-refractivity contribution is 5.81. The normalized spacial score (nSPS) is 45.4. The highest BCUT2D eigenvalue weighted by Gasteiger charge is 2.55. The largest absolute Gasteiger partial charge is 0.394 e. The molecule has 2 aliphatic heterocycles. The molecule has 1 aliphatic carbocycles. The summed E-state index contributed by atoms with van der Waals surface area (Å²) in [5.41, 5.74) is 29.6. The van der Waals surface area contributed by atoms with Crippen molar-refractivity contribution < 1.29 is 54.8 Å². The molecule has 42 heavy (non-hydrogen) atoms. The number of hydrogen-bond acceptors (Lipinski definition) is 17. The van der Waals surface area contributed by atoms with E-state index in [-0.39, 0.29) is 19.5 Å². The fourth-order valence-electron chi connectivity index (χ4n) is 5.82. The fourth-order valence-corrected chi connectivity index (χ4v) is 5.82. The van der Waals surface area contributed by atoms with E-state index in [0.29, 0.717) is 19.5 Å². The molecule has 1 unspecified atom stereocenters. The summed E-state index contributed by atoms with van der Waals surface area (Å²) in [6, 6.07) is -4.44. The highest BCUT2D eigenvalue weighted by Crippen LogP contribution is 2.37. The summed E-state index contributed by atoms with van der Waals surface area (Å²) in [7, 11) is 0. The second-order valence-electron chi connectivity index (χ2n) is 11.3. The van der Waals surface area contributed by atoms with Crippen molar-refractivity contribution in [2.45, 2.75) is 104 Å². The van der Waals surface area contributed by atoms with Gasteiger partial charge in [0, 0.05) is 25.0 Å². The van der Waals surface area contributed by atoms with E-state index >= 15 is 0 Å². The number of ether oxygens (including phenoxy) is 3. The molecule has 0 aromatic heterocycles. The second kappa shape index (κ2) is 15.7. The lowest BCUT2D eigenvalue weighted by atomic mass is 9.71. The van der Waals surface area contributed by atoms with E-state index in [9.17, 15) is 40.5 Å². The molecule has 3 rings (SSSR count). The van der Waals surface area contributed by atoms with Crippen LogP contribution in [-0.4, -0.2) is 166 Å². The number of aliphatic hydroxyl groups excluding tert-OH is 7. The first-order chi connectivity index (χ1) is 19.9. The molecule has 3 aliphatic rings. The van der Waals surface area contributed by atoms with Gasteiger partial charge in [-0.2, -0.15) is 0 Å². The topological polar surface area (TPSA) is 341 Å². The summed E-state index contributed by atoms with van der Waals surface area (Å²) in [6.07, 6.45) is -14.5. The fraction of sp³-hybridized carbons (Fsp3) is 0.958. The third-order valence-electron chi connectivity index (χ3n) is 8.35. The van der Waals surface area contributed by atoms with Gasteiger partial charge < -0.3 is 89.3 Å². The van der Waals surface area contributed by atoms with Gasteiger partial charge in [0.2, 0.25) is 5.91 Å². The predicted octanol–water partition coefficient (Wildman–Crippen LogP) is -8.59. The van der Waals surface area contributed by atoms with Crippen LogP contribution in [0, 0.1) is 5.92 Å². The summed E-state index contributed by atoms with van der Waals surface area (Å²) in [5.74, 6) is -1.90. The predicted molar refractivity (Wildman–Crippen MR) is 145 cm³/mol. The lowest BCUT2D eigenvalue weighted by molar-refractivity contribution is -0.307. The number of carbonyl (C=O) groups is 1. The lowest BCUT2D eigenvalue weighted by Gasteiger charge is -2.52. The van der Waals surface area contributed by atoms with Gasteiger partial charge in [-0.05, 0) is 25.9 Å². The van der Waals surface area contributed by atoms with Gasteiger partial charge in [-0.3, -0.25) is 4.79 Å². The Morgan fingerprint density at radius 2 is 1.62 bits per heavy atom. The molecule has 19 N–H and O–H groups in total. The molecule has 246 valence electrons. The van der Waals surface area contributed by atoms with Gasteiger partial charge >= 0.3 is 0 Å². The molecule has 0 radical (unpaired) electrons. The Bertz CT molecular complexity index is 851. The van der Waals surface area contributed by atoms with Crippen molar-refractivity contribution >= 4 is 5.91 Å². The van der Waals surface area contributed by atoms with E-state index in [4.69, 9.17) is 42.9 Å². The van der Waals surface area contributed by atoms with Gasteiger partial charge in [0.05, 0.1) is 43.0 Å². The average molecular weight is 612 g/mol. The van der Waals surface area contributed by atoms with Crippen molar-refractivity contribution in [1.29, 1.82) is 0 Å². The van der Waals surface area contributed by atoms with Crippen LogP contribution in [0.5, 0.6) is 0 Å². The number of nitrogens with two attached hydrogens (primary N) is 5. The Morgan fingerprint density at radius 1 is 0.929 bits per heavy atom. The maximum absolute atomic E-state index is 12.5. The molecule has 2 saturated heterocycles. The third kappa shape index (κ3) is 7.72. The van der Waals surface area contributed by atoms with Gasteiger partial charge in [-0.15, -0.1) is 0 Å². The van der Waals surface area contributed by atoms with Crippen LogP contribution in [-0.2, 0) is 19.0 Å². The molecule has 0 aromatic rings. The maximum Gasteiger partial charge on any atom is 0.250 e. The highest BCUT2D eigenvalue weighted by atomic mass is 16.7. The molecule has 18 heteroatoms. The molecule has 2 heterocycles. The third-order valence-corrected chi connectivity index (χ3v) is 8.35. The van der Waals surface area contributed by atoms with E-state index in [1.807, 2.05) is 0 Å². The Labute approximate surface area is 243 Å². The molecule has 0 bridgehead atoms. The molecule has 0 spiro atoms. The van der Waals surface area contributed by atoms with Gasteiger partial charge in [0.15, 0.2) is 6.29 Å². The monoisotopic (exact) mass is 611 g/mol. The number of aliphatic hydroxyl groups is 7. The minimum absolute atomic E-state index is 0.0546. The summed E-state index contributed by atoms with van der Waals surface area (Å²) in [4.78, 5) is 12.5. The SMILES string of the molecule is NCCCNC[C@H]1O[C@H](C2[C@@H](N)C[C@@H](NC(=O)[C@@H](O)CN)[C@H](O[C@H]3O[C@H](CO)[C@@H](O)[C@H](N)[C@H]3O)[C@H]2O)[C@H](N)[C@@H](O)[C@@H]1O. The maximum atomic E-state index is 12.5. The molecule has 1 amide bonds. The molecule has 3 fully saturated rings. The van der Waals surface area contributed by atoms with Crippen LogP contribution < -0.4 is 39.3 Å². The first kappa shape index (κ1) is 35.3. The Kier molecular flexibility index (Phi) is 13.2. The first-order valence-corrected chi connectivity index (χ1v) is 14.2. The summed E-state index contributed by atoms with van der Waals surface area (Å²) in [6.45, 7) is 0.0753. The van der Waals surface area contributed by atoms with Crippen LogP contribution >= 0.6 is 0 Å². The zero-order valence-electron chi connectivity index (χ0n) is 23.3. The minimum Gasteiger partial charge on any atom is -0.394 e. The molecule has 16 atom stereocenters. The van der Waals surface area contributed by atoms with Crippen molar-refractivity contribution in [1.82, 2.24) is 10.6 Å². The number of rotatable bonds is 12. The molecule has 0 aromatic carbocycles. The summed E-state index contributed by atoms with van der Waals surface area (Å²) < 4.78 is 17.6. The summed E-state index contributed by atoms with van der Waals surface area (Å²) >= 11 is 0. The van der Waals surface area contributed by atoms with Crippen molar-refractivity contribution in [3.05, 3.63) is 0 Å². The van der Waals surface area contributed by atoms with Crippen molar-refractivity contribution in [2.75, 3.05) is 32.8 Å². The van der Waals surface area contributed by atoms with Crippen molar-refractivity contribution in [3.8, 4) is 0 Å². The van der Waals surface area contributed by atoms with E-state index < -0.39 is 110 Å². The average Bonchev–Trinajstić information content (AvgIpc) is 2.97. The number of nitrogens with one attached hydrogen (secondary N) is 2. The van der Waals surface area contributed by atoms with Crippen LogP contribution in [0.4, 0.5) is 0 Å². The second-order valence-corrected chi connectivity index (χ2v) is 11.3. The van der Waals surface area contributed by atoms with Crippen LogP contribution in [0.1, 0.15) is 12.8 Å². The van der Waals surface area contributed by atoms with Gasteiger partial charge in [0.1, 0.15) is 42.7 Å². The van der Waals surface area contributed by atoms with E-state index in [1.54, 1.807) is 0 Å². The summed E-state index contributed by atoms with van der Waals surface area (Å²) in [5, 5.41) is 79.1. The molecular formula is C24H49N7O11. The van der Waals surface area contributed by atoms with Crippen LogP contribution in [0.3, 0.4) is 0 Å². The lowest BCUT2D eigenvalue weighted by Crippen LogP contribution is -2.72. The van der Waals surface area contributed by atoms with Crippen LogP contribution in [0.2, 0.25) is 0 Å². The van der Waals surface area contributed by atoms with Crippen molar-refractivity contribution in [3.63, 3.8) is 0 Å². The van der Waals surface area contributed by atoms with Gasteiger partial charge in [0.25, 0.3) is 0 Å². The molecular weight excluding hydrogens is 562 g/mol. The Balaban J connectivity index is 1.88. The number of hydrogen-bond donors (Lipinski definition) is 14. The van der Waals surface area contributed by atoms with E-state index in [0.717, 1.165) is 0 Å². The standard InChI is InChI=1S/C24H49N7O11/c25-2-1-3-30-6-11-17(35)19(37)15(29)22(40-11)13-8(27)4-9(31-23(39)10(33)5-26)21(18(13)36)42-24-20(38)14(28)16(34)12(7-32)41-24/h8-22,24,30,32-38H,1-7,25-29H2,(H,31,39)/t8-,9+,10-,11+,12+,13?,14-,15+,16+,17+,18-,19+,20+,21-,22+,24+/m0/s1. The van der Waals surface area contributed by atoms with Gasteiger partial charge in [-0.25, -0.2) is 0 Å². The Morgan fingerprint density at radius 3 is 2.24 bits per heavy atom. The molecule has 1 saturated carbocycles. The Hall–Kier alpha value is -1.17. The van der Waals surface area contributed by atoms with E-state index in [1.165, 1.54) is 0 Å². The van der Waals surface area contributed by atoms with Crippen LogP contribution in [0.25, 0.3) is 0 Å². The zero-order valence-corrected chi connectivity index (χ0v) is 23.3. The van der Waals surface area contributed by atoms with Gasteiger partial charge in [-0.1, -0.05) is 0 Å². The van der Waals surface area contributed by atoms with Crippen LogP contribution in [0.15, 0.2) is 0 Å². The number of amides is 1. The first-order valence-electron chi connectivity index (χ1n) is 14.2. The van der Waals surface area contributed by atoms with Crippen molar-refractivity contribution in [2.24, 2.45) is 34.6 Å². The quantitative estimate of drug-likeness (QED) is 0.0910. The smallest absolute Gasteiger partial charge is 0.250 e. The zero-order chi connectivity index (χ0) is 31.3. The molecule has 18 nitrogen and oxygen atoms in total. The number of carbonyl (C=O) groups excluding carboxylic acids is 1. The van der Waals surface area contributed by atoms with E-state index in [2.05, 4.69) is 10.6 Å².